The summed E-state index contributed by atoms with van der Waals surface area (Å²) in [6.45, 7) is 1.57. The van der Waals surface area contributed by atoms with Crippen molar-refractivity contribution in [2.45, 2.75) is 11.8 Å². The first-order valence-electron chi connectivity index (χ1n) is 4.88. The number of nitrogens with zero attached hydrogens (tertiary/aromatic N) is 1. The zero-order chi connectivity index (χ0) is 13.3. The molecule has 0 atom stereocenters. The fourth-order valence-corrected chi connectivity index (χ4v) is 2.92. The molecule has 0 saturated carbocycles. The van der Waals surface area contributed by atoms with E-state index >= 15 is 0 Å². The molecule has 2 N–H and O–H groups in total. The van der Waals surface area contributed by atoms with Crippen molar-refractivity contribution in [2.24, 2.45) is 0 Å². The lowest BCUT2D eigenvalue weighted by Crippen LogP contribution is -2.14. The molecule has 1 aromatic heterocycles. The molecule has 0 saturated heterocycles. The summed E-state index contributed by atoms with van der Waals surface area (Å²) < 4.78 is 40.2. The van der Waals surface area contributed by atoms with Crippen molar-refractivity contribution in [1.82, 2.24) is 10.2 Å². The van der Waals surface area contributed by atoms with Gasteiger partial charge >= 0.3 is 0 Å². The van der Waals surface area contributed by atoms with E-state index in [0.29, 0.717) is 10.2 Å². The third-order valence-electron chi connectivity index (χ3n) is 2.25. The molecule has 1 heterocycles. The number of aromatic nitrogens is 2. The van der Waals surface area contributed by atoms with E-state index in [2.05, 4.69) is 30.8 Å². The number of nitrogens with one attached hydrogen (secondary N) is 2. The number of hydrogen-bond acceptors (Lipinski definition) is 3. The van der Waals surface area contributed by atoms with Gasteiger partial charge in [-0.05, 0) is 25.1 Å². The van der Waals surface area contributed by atoms with Gasteiger partial charge in [-0.25, -0.2) is 12.8 Å². The van der Waals surface area contributed by atoms with Crippen LogP contribution >= 0.6 is 15.9 Å². The summed E-state index contributed by atoms with van der Waals surface area (Å²) in [5.74, 6) is -0.658. The maximum absolute atomic E-state index is 13.5. The predicted octanol–water partition coefficient (Wildman–Crippen LogP) is 2.42. The largest absolute Gasteiger partial charge is 0.281 e. The molecule has 0 spiro atoms. The first-order chi connectivity index (χ1) is 8.40. The summed E-state index contributed by atoms with van der Waals surface area (Å²) in [7, 11) is -3.84. The zero-order valence-electron chi connectivity index (χ0n) is 9.24. The second-order valence-corrected chi connectivity index (χ2v) is 6.16. The van der Waals surface area contributed by atoms with Crippen molar-refractivity contribution in [1.29, 1.82) is 0 Å². The monoisotopic (exact) mass is 333 g/mol. The zero-order valence-corrected chi connectivity index (χ0v) is 11.6. The van der Waals surface area contributed by atoms with Crippen molar-refractivity contribution >= 4 is 31.6 Å². The molecule has 0 aliphatic carbocycles. The number of aryl methyl sites for hydroxylation is 1. The average molecular weight is 334 g/mol. The number of hydrogen-bond donors (Lipinski definition) is 2. The maximum Gasteiger partial charge on any atom is 0.265 e. The second-order valence-electron chi connectivity index (χ2n) is 3.59. The molecule has 96 valence electrons. The number of halogens is 2. The van der Waals surface area contributed by atoms with Crippen molar-refractivity contribution in [3.63, 3.8) is 0 Å². The fourth-order valence-electron chi connectivity index (χ4n) is 1.38. The van der Waals surface area contributed by atoms with Crippen LogP contribution in [-0.2, 0) is 10.0 Å². The Labute approximate surface area is 112 Å². The Bertz CT molecular complexity index is 684. The van der Waals surface area contributed by atoms with Gasteiger partial charge in [-0.2, -0.15) is 5.10 Å². The van der Waals surface area contributed by atoms with E-state index < -0.39 is 15.8 Å². The summed E-state index contributed by atoms with van der Waals surface area (Å²) in [5.41, 5.74) is 0.277. The summed E-state index contributed by atoms with van der Waals surface area (Å²) in [4.78, 5) is -0.00943. The van der Waals surface area contributed by atoms with E-state index in [1.54, 1.807) is 13.0 Å². The van der Waals surface area contributed by atoms with Crippen molar-refractivity contribution < 1.29 is 12.8 Å². The number of H-pyrrole nitrogens is 1. The lowest BCUT2D eigenvalue weighted by atomic mass is 10.3. The van der Waals surface area contributed by atoms with E-state index in [-0.39, 0.29) is 10.6 Å². The van der Waals surface area contributed by atoms with E-state index in [1.807, 2.05) is 0 Å². The third kappa shape index (κ3) is 2.54. The normalized spacial score (nSPS) is 11.5. The first kappa shape index (κ1) is 13.0. The van der Waals surface area contributed by atoms with Gasteiger partial charge in [0.05, 0.1) is 17.6 Å². The number of benzene rings is 1. The van der Waals surface area contributed by atoms with Crippen LogP contribution in [0.15, 0.2) is 33.8 Å². The molecule has 0 radical (unpaired) electrons. The SMILES string of the molecule is Cc1[nH]ncc1S(=O)(=O)Nc1ccc(Br)cc1F. The van der Waals surface area contributed by atoms with Crippen molar-refractivity contribution in [3.8, 4) is 0 Å². The minimum atomic E-state index is -3.84. The number of rotatable bonds is 3. The molecule has 0 bridgehead atoms. The molecule has 5 nitrogen and oxygen atoms in total. The highest BCUT2D eigenvalue weighted by atomic mass is 79.9. The molecule has 2 aromatic rings. The van der Waals surface area contributed by atoms with Gasteiger partial charge in [-0.15, -0.1) is 0 Å². The van der Waals surface area contributed by atoms with Gasteiger partial charge in [0, 0.05) is 4.47 Å². The highest BCUT2D eigenvalue weighted by molar-refractivity contribution is 9.10. The third-order valence-corrected chi connectivity index (χ3v) is 4.22. The van der Waals surface area contributed by atoms with Crippen LogP contribution in [0.5, 0.6) is 0 Å². The summed E-state index contributed by atoms with van der Waals surface area (Å²) in [6, 6.07) is 4.07. The average Bonchev–Trinajstić information content (AvgIpc) is 2.69. The molecule has 8 heteroatoms. The molecule has 0 aliphatic heterocycles. The molecule has 18 heavy (non-hydrogen) atoms. The Hall–Kier alpha value is -1.41. The summed E-state index contributed by atoms with van der Waals surface area (Å²) >= 11 is 3.09. The van der Waals surface area contributed by atoms with Crippen LogP contribution in [-0.4, -0.2) is 18.6 Å². The van der Waals surface area contributed by atoms with Crippen LogP contribution in [0.1, 0.15) is 5.69 Å². The Morgan fingerprint density at radius 1 is 1.44 bits per heavy atom. The lowest BCUT2D eigenvalue weighted by Gasteiger charge is -2.08. The minimum absolute atomic E-state index is 0.00943. The number of sulfonamides is 1. The second kappa shape index (κ2) is 4.69. The molecule has 2 rings (SSSR count). The van der Waals surface area contributed by atoms with Gasteiger partial charge in [-0.3, -0.25) is 9.82 Å². The van der Waals surface area contributed by atoms with Crippen LogP contribution < -0.4 is 4.72 Å². The van der Waals surface area contributed by atoms with Gasteiger partial charge < -0.3 is 0 Å². The molecule has 0 aliphatic rings. The van der Waals surface area contributed by atoms with Crippen molar-refractivity contribution in [3.05, 3.63) is 40.4 Å². The highest BCUT2D eigenvalue weighted by Crippen LogP contribution is 2.23. The quantitative estimate of drug-likeness (QED) is 0.905. The van der Waals surface area contributed by atoms with Gasteiger partial charge in [0.25, 0.3) is 10.0 Å². The Morgan fingerprint density at radius 3 is 2.72 bits per heavy atom. The van der Waals surface area contributed by atoms with Crippen LogP contribution in [0.3, 0.4) is 0 Å². The van der Waals surface area contributed by atoms with E-state index in [1.165, 1.54) is 18.3 Å². The smallest absolute Gasteiger partial charge is 0.265 e. The molecule has 0 amide bonds. The van der Waals surface area contributed by atoms with Crippen LogP contribution in [0.2, 0.25) is 0 Å². The molecular weight excluding hydrogens is 325 g/mol. The summed E-state index contributed by atoms with van der Waals surface area (Å²) in [6.07, 6.45) is 1.18. The highest BCUT2D eigenvalue weighted by Gasteiger charge is 2.20. The minimum Gasteiger partial charge on any atom is -0.281 e. The van der Waals surface area contributed by atoms with Gasteiger partial charge in [-0.1, -0.05) is 15.9 Å². The van der Waals surface area contributed by atoms with E-state index in [0.717, 1.165) is 0 Å². The van der Waals surface area contributed by atoms with E-state index in [4.69, 9.17) is 0 Å². The van der Waals surface area contributed by atoms with Crippen molar-refractivity contribution in [2.75, 3.05) is 4.72 Å². The van der Waals surface area contributed by atoms with Gasteiger partial charge in [0.2, 0.25) is 0 Å². The van der Waals surface area contributed by atoms with E-state index in [9.17, 15) is 12.8 Å². The van der Waals surface area contributed by atoms with Gasteiger partial charge in [0.15, 0.2) is 0 Å². The van der Waals surface area contributed by atoms with Crippen LogP contribution in [0.4, 0.5) is 10.1 Å². The Balaban J connectivity index is 2.37. The first-order valence-corrected chi connectivity index (χ1v) is 7.15. The fraction of sp³-hybridized carbons (Fsp3) is 0.100. The number of aromatic amines is 1. The Kier molecular flexibility index (Phi) is 3.40. The summed E-state index contributed by atoms with van der Waals surface area (Å²) in [5, 5.41) is 6.13. The van der Waals surface area contributed by atoms with Crippen LogP contribution in [0.25, 0.3) is 0 Å². The maximum atomic E-state index is 13.5. The Morgan fingerprint density at radius 2 is 2.17 bits per heavy atom. The predicted molar refractivity (Wildman–Crippen MR) is 68.2 cm³/mol. The lowest BCUT2D eigenvalue weighted by molar-refractivity contribution is 0.598. The van der Waals surface area contributed by atoms with Crippen LogP contribution in [0, 0.1) is 12.7 Å². The molecular formula is C10H9BrFN3O2S. The molecule has 1 aromatic carbocycles. The molecule has 0 fully saturated rings. The molecule has 0 unspecified atom stereocenters. The van der Waals surface area contributed by atoms with Gasteiger partial charge in [0.1, 0.15) is 10.7 Å². The number of anilines is 1. The topological polar surface area (TPSA) is 74.8 Å². The standard InChI is InChI=1S/C10H9BrFN3O2S/c1-6-10(5-13-14-6)18(16,17)15-9-3-2-7(11)4-8(9)12/h2-5,15H,1H3,(H,13,14).